The van der Waals surface area contributed by atoms with Crippen LogP contribution in [-0.2, 0) is 21.2 Å². The van der Waals surface area contributed by atoms with E-state index in [2.05, 4.69) is 4.99 Å². The van der Waals surface area contributed by atoms with Gasteiger partial charge in [-0.05, 0) is 62.9 Å². The number of amides is 1. The van der Waals surface area contributed by atoms with Gasteiger partial charge in [0.25, 0.3) is 15.9 Å². The third-order valence-electron chi connectivity index (χ3n) is 5.13. The Balaban J connectivity index is 1.88. The Bertz CT molecular complexity index is 1170. The molecule has 2 aromatic rings. The molecule has 0 aliphatic carbocycles. The molecule has 0 radical (unpaired) electrons. The van der Waals surface area contributed by atoms with Gasteiger partial charge in [0, 0.05) is 6.54 Å². The number of aliphatic imine (C=N–C) groups is 1. The van der Waals surface area contributed by atoms with Gasteiger partial charge in [0.15, 0.2) is 5.25 Å². The molecule has 32 heavy (non-hydrogen) atoms. The van der Waals surface area contributed by atoms with Crippen molar-refractivity contribution in [1.29, 1.82) is 0 Å². The number of carbonyl (C=O) groups is 2. The van der Waals surface area contributed by atoms with Crippen LogP contribution in [0.3, 0.4) is 0 Å². The summed E-state index contributed by atoms with van der Waals surface area (Å²) in [5.41, 5.74) is 0.00818. The summed E-state index contributed by atoms with van der Waals surface area (Å²) >= 11 is 0. The quantitative estimate of drug-likeness (QED) is 0.641. The van der Waals surface area contributed by atoms with E-state index in [0.717, 1.165) is 4.31 Å². The van der Waals surface area contributed by atoms with E-state index >= 15 is 0 Å². The number of hydrogen-bond donors (Lipinski definition) is 2. The number of sulfonamides is 1. The van der Waals surface area contributed by atoms with E-state index in [1.807, 2.05) is 0 Å². The third-order valence-corrected chi connectivity index (χ3v) is 7.44. The van der Waals surface area contributed by atoms with Crippen LogP contribution in [0.2, 0.25) is 0 Å². The molecule has 1 saturated heterocycles. The minimum atomic E-state index is -4.00. The van der Waals surface area contributed by atoms with Crippen molar-refractivity contribution in [2.75, 3.05) is 6.54 Å². The van der Waals surface area contributed by atoms with Crippen LogP contribution in [0.4, 0.5) is 0 Å². The molecule has 2 N–H and O–H groups in total. The van der Waals surface area contributed by atoms with Crippen LogP contribution in [0.1, 0.15) is 53.9 Å². The Kier molecular flexibility index (Phi) is 6.41. The third kappa shape index (κ3) is 4.52. The predicted octanol–water partition coefficient (Wildman–Crippen LogP) is 3.18. The lowest BCUT2D eigenvalue weighted by molar-refractivity contribution is -0.122. The van der Waals surface area contributed by atoms with Gasteiger partial charge in [0.2, 0.25) is 0 Å². The number of phenolic OH excluding ortho intramolecular Hbond substituents is 1. The normalized spacial score (nSPS) is 19.5. The van der Waals surface area contributed by atoms with Crippen LogP contribution >= 0.6 is 0 Å². The highest BCUT2D eigenvalue weighted by Gasteiger charge is 2.54. The molecule has 1 amide bonds. The second kappa shape index (κ2) is 8.74. The van der Waals surface area contributed by atoms with Crippen LogP contribution in [0.15, 0.2) is 53.5 Å². The average Bonchev–Trinajstić information content (AvgIpc) is 2.91. The molecule has 1 aliphatic heterocycles. The first-order chi connectivity index (χ1) is 14.9. The zero-order chi connectivity index (χ0) is 23.7. The zero-order valence-electron chi connectivity index (χ0n) is 18.1. The van der Waals surface area contributed by atoms with Crippen LogP contribution < -0.4 is 0 Å². The number of nitrogens with zero attached hydrogens (tertiary/aromatic N) is 2. The average molecular weight is 459 g/mol. The summed E-state index contributed by atoms with van der Waals surface area (Å²) < 4.78 is 27.5. The van der Waals surface area contributed by atoms with Gasteiger partial charge in [-0.25, -0.2) is 17.5 Å². The van der Waals surface area contributed by atoms with Gasteiger partial charge in [0.1, 0.15) is 11.5 Å². The molecule has 2 aromatic carbocycles. The molecule has 0 bridgehead atoms. The molecular weight excluding hydrogens is 432 g/mol. The molecule has 0 aromatic heterocycles. The number of aryl methyl sites for hydroxylation is 1. The first-order valence-electron chi connectivity index (χ1n) is 10.2. The number of carbonyl (C=O) groups excluding carboxylic acids is 1. The minimum Gasteiger partial charge on any atom is -0.508 e. The molecule has 1 aliphatic rings. The van der Waals surface area contributed by atoms with E-state index < -0.39 is 32.7 Å². The van der Waals surface area contributed by atoms with Gasteiger partial charge in [-0.2, -0.15) is 0 Å². The maximum absolute atomic E-state index is 13.3. The smallest absolute Gasteiger partial charge is 0.335 e. The Morgan fingerprint density at radius 2 is 1.78 bits per heavy atom. The van der Waals surface area contributed by atoms with E-state index in [0.29, 0.717) is 24.0 Å². The van der Waals surface area contributed by atoms with Crippen molar-refractivity contribution < 1.29 is 28.2 Å². The fourth-order valence-electron chi connectivity index (χ4n) is 3.76. The van der Waals surface area contributed by atoms with E-state index in [4.69, 9.17) is 5.11 Å². The van der Waals surface area contributed by atoms with E-state index in [1.165, 1.54) is 18.2 Å². The lowest BCUT2D eigenvalue weighted by Crippen LogP contribution is -2.45. The number of phenols is 1. The van der Waals surface area contributed by atoms with Crippen LogP contribution in [0.5, 0.6) is 5.75 Å². The number of carboxylic acids is 1. The zero-order valence-corrected chi connectivity index (χ0v) is 19.0. The van der Waals surface area contributed by atoms with E-state index in [9.17, 15) is 23.1 Å². The number of benzene rings is 2. The van der Waals surface area contributed by atoms with Gasteiger partial charge in [-0.15, -0.1) is 0 Å². The van der Waals surface area contributed by atoms with Crippen molar-refractivity contribution in [1.82, 2.24) is 4.31 Å². The van der Waals surface area contributed by atoms with Crippen LogP contribution in [0, 0.1) is 0 Å². The molecule has 1 atom stereocenters. The number of aromatic carboxylic acids is 1. The van der Waals surface area contributed by atoms with Gasteiger partial charge in [-0.3, -0.25) is 9.79 Å². The molecular formula is C23H26N2O6S. The fraction of sp³-hybridized carbons (Fsp3) is 0.348. The largest absolute Gasteiger partial charge is 0.508 e. The molecule has 1 fully saturated rings. The molecule has 8 nitrogen and oxygen atoms in total. The SMILES string of the molecule is CC(C)(C)N1C(=O)C(=NCCCc2cc(C(=O)O)ccc2O)C(c2ccccc2)S1(=O)=O. The van der Waals surface area contributed by atoms with Crippen molar-refractivity contribution >= 4 is 27.6 Å². The van der Waals surface area contributed by atoms with Crippen molar-refractivity contribution in [3.8, 4) is 5.75 Å². The maximum Gasteiger partial charge on any atom is 0.335 e. The molecule has 1 heterocycles. The monoisotopic (exact) mass is 458 g/mol. The Morgan fingerprint density at radius 1 is 1.12 bits per heavy atom. The number of aromatic hydroxyl groups is 1. The first-order valence-corrected chi connectivity index (χ1v) is 11.7. The van der Waals surface area contributed by atoms with Crippen molar-refractivity contribution in [2.45, 2.75) is 44.4 Å². The Morgan fingerprint density at radius 3 is 2.38 bits per heavy atom. The predicted molar refractivity (Wildman–Crippen MR) is 120 cm³/mol. The number of rotatable bonds is 6. The summed E-state index contributed by atoms with van der Waals surface area (Å²) in [6.07, 6.45) is 0.716. The van der Waals surface area contributed by atoms with Gasteiger partial charge in [-0.1, -0.05) is 30.3 Å². The summed E-state index contributed by atoms with van der Waals surface area (Å²) in [5, 5.41) is 17.9. The summed E-state index contributed by atoms with van der Waals surface area (Å²) in [4.78, 5) is 28.6. The summed E-state index contributed by atoms with van der Waals surface area (Å²) in [7, 11) is -4.00. The number of hydrogen-bond acceptors (Lipinski definition) is 6. The summed E-state index contributed by atoms with van der Waals surface area (Å²) in [6.45, 7) is 5.12. The highest BCUT2D eigenvalue weighted by atomic mass is 32.2. The first kappa shape index (κ1) is 23.5. The van der Waals surface area contributed by atoms with E-state index in [-0.39, 0.29) is 23.6 Å². The Hall–Kier alpha value is -3.20. The summed E-state index contributed by atoms with van der Waals surface area (Å²) in [6, 6.07) is 12.5. The van der Waals surface area contributed by atoms with Crippen LogP contribution in [0.25, 0.3) is 0 Å². The van der Waals surface area contributed by atoms with Gasteiger partial charge >= 0.3 is 5.97 Å². The molecule has 9 heteroatoms. The van der Waals surface area contributed by atoms with Gasteiger partial charge < -0.3 is 10.2 Å². The Labute approximate surface area is 187 Å². The lowest BCUT2D eigenvalue weighted by atomic mass is 10.0. The number of carboxylic acid groups (broad SMARTS) is 1. The maximum atomic E-state index is 13.3. The highest BCUT2D eigenvalue weighted by Crippen LogP contribution is 2.38. The molecule has 0 spiro atoms. The van der Waals surface area contributed by atoms with Crippen molar-refractivity contribution in [3.63, 3.8) is 0 Å². The molecule has 1 unspecified atom stereocenters. The topological polar surface area (TPSA) is 124 Å². The van der Waals surface area contributed by atoms with Crippen molar-refractivity contribution in [3.05, 3.63) is 65.2 Å². The van der Waals surface area contributed by atoms with E-state index in [1.54, 1.807) is 51.1 Å². The highest BCUT2D eigenvalue weighted by molar-refractivity contribution is 7.91. The second-order valence-electron chi connectivity index (χ2n) is 8.60. The minimum absolute atomic E-state index is 0.0248. The molecule has 0 saturated carbocycles. The van der Waals surface area contributed by atoms with Crippen molar-refractivity contribution in [2.24, 2.45) is 4.99 Å². The standard InChI is InChI=1S/C23H26N2O6S/c1-23(2,3)25-21(27)19(20(32(25,30)31)15-8-5-4-6-9-15)24-13-7-10-16-14-17(22(28)29)11-12-18(16)26/h4-6,8-9,11-12,14,20,26H,7,10,13H2,1-3H3,(H,28,29). The van der Waals surface area contributed by atoms with Gasteiger partial charge in [0.05, 0.1) is 11.1 Å². The lowest BCUT2D eigenvalue weighted by Gasteiger charge is -2.30. The van der Waals surface area contributed by atoms with Crippen LogP contribution in [-0.4, -0.2) is 52.6 Å². The fourth-order valence-corrected chi connectivity index (χ4v) is 6.02. The summed E-state index contributed by atoms with van der Waals surface area (Å²) in [5.74, 6) is -1.76. The molecule has 170 valence electrons. The molecule has 3 rings (SSSR count). The second-order valence-corrected chi connectivity index (χ2v) is 10.5.